The molecule has 0 bridgehead atoms. The van der Waals surface area contributed by atoms with Gasteiger partial charge in [0.15, 0.2) is 0 Å². The first-order valence-corrected chi connectivity index (χ1v) is 8.65. The predicted octanol–water partition coefficient (Wildman–Crippen LogP) is 4.53. The molecular weight excluding hydrogens is 314 g/mol. The molecule has 0 aliphatic rings. The summed E-state index contributed by atoms with van der Waals surface area (Å²) < 4.78 is 4.67. The summed E-state index contributed by atoms with van der Waals surface area (Å²) in [6.45, 7) is 0. The fourth-order valence-electron chi connectivity index (χ4n) is 2.83. The van der Waals surface area contributed by atoms with E-state index in [2.05, 4.69) is 22.2 Å². The third-order valence-electron chi connectivity index (χ3n) is 4.17. The molecular formula is C21H25NO3. The fourth-order valence-corrected chi connectivity index (χ4v) is 2.83. The minimum atomic E-state index is -0.182. The molecule has 4 heteroatoms. The Kier molecular flexibility index (Phi) is 7.70. The third-order valence-corrected chi connectivity index (χ3v) is 4.17. The number of ether oxygens (including phenoxy) is 1. The molecule has 0 fully saturated rings. The van der Waals surface area contributed by atoms with Crippen LogP contribution in [0.1, 0.15) is 43.6 Å². The predicted molar refractivity (Wildman–Crippen MR) is 99.4 cm³/mol. The molecule has 1 atom stereocenters. The molecule has 2 aromatic rings. The maximum absolute atomic E-state index is 12.4. The molecule has 25 heavy (non-hydrogen) atoms. The summed E-state index contributed by atoms with van der Waals surface area (Å²) in [4.78, 5) is 23.6. The Bertz CT molecular complexity index is 655. The average molecular weight is 339 g/mol. The molecule has 1 N–H and O–H groups in total. The maximum atomic E-state index is 12.4. The van der Waals surface area contributed by atoms with Crippen LogP contribution in [0.2, 0.25) is 0 Å². The van der Waals surface area contributed by atoms with E-state index in [0.717, 1.165) is 30.5 Å². The van der Waals surface area contributed by atoms with Gasteiger partial charge in [-0.1, -0.05) is 55.0 Å². The molecule has 0 radical (unpaired) electrons. The number of rotatable bonds is 9. The molecule has 0 aliphatic heterocycles. The van der Waals surface area contributed by atoms with E-state index in [9.17, 15) is 9.59 Å². The lowest BCUT2D eigenvalue weighted by Gasteiger charge is -2.17. The minimum absolute atomic E-state index is 0.00743. The number of esters is 1. The number of anilines is 1. The van der Waals surface area contributed by atoms with Crippen molar-refractivity contribution < 1.29 is 14.3 Å². The number of nitrogens with one attached hydrogen (secondary N) is 1. The van der Waals surface area contributed by atoms with Crippen molar-refractivity contribution in [3.63, 3.8) is 0 Å². The van der Waals surface area contributed by atoms with Crippen molar-refractivity contribution in [3.05, 3.63) is 66.2 Å². The van der Waals surface area contributed by atoms with Crippen LogP contribution in [0.25, 0.3) is 0 Å². The second-order valence-corrected chi connectivity index (χ2v) is 6.05. The second-order valence-electron chi connectivity index (χ2n) is 6.05. The molecule has 0 saturated carbocycles. The van der Waals surface area contributed by atoms with Crippen LogP contribution in [0.5, 0.6) is 0 Å². The Morgan fingerprint density at radius 2 is 1.60 bits per heavy atom. The second kappa shape index (κ2) is 10.3. The van der Waals surface area contributed by atoms with Gasteiger partial charge in [0.25, 0.3) is 0 Å². The standard InChI is InChI=1S/C21H25NO3/c1-25-21(24)15-9-8-12-18(17-10-4-2-5-11-17)16-20(23)22-19-13-6-3-7-14-19/h2-7,10-11,13-14,18H,8-9,12,15-16H2,1H3,(H,22,23). The van der Waals surface area contributed by atoms with Crippen LogP contribution in [0.3, 0.4) is 0 Å². The van der Waals surface area contributed by atoms with Crippen LogP contribution in [0, 0.1) is 0 Å². The normalized spacial score (nSPS) is 11.6. The number of carbonyl (C=O) groups excluding carboxylic acids is 2. The van der Waals surface area contributed by atoms with Crippen molar-refractivity contribution in [2.45, 2.75) is 38.0 Å². The lowest BCUT2D eigenvalue weighted by Crippen LogP contribution is -2.16. The topological polar surface area (TPSA) is 55.4 Å². The lowest BCUT2D eigenvalue weighted by molar-refractivity contribution is -0.140. The summed E-state index contributed by atoms with van der Waals surface area (Å²) in [6.07, 6.45) is 3.37. The molecule has 132 valence electrons. The first kappa shape index (κ1) is 18.7. The Hall–Kier alpha value is -2.62. The number of methoxy groups -OCH3 is 1. The van der Waals surface area contributed by atoms with Gasteiger partial charge < -0.3 is 10.1 Å². The van der Waals surface area contributed by atoms with E-state index in [1.165, 1.54) is 7.11 Å². The van der Waals surface area contributed by atoms with E-state index in [-0.39, 0.29) is 17.8 Å². The summed E-state index contributed by atoms with van der Waals surface area (Å²) in [6, 6.07) is 19.6. The number of hydrogen-bond donors (Lipinski definition) is 1. The zero-order valence-corrected chi connectivity index (χ0v) is 14.6. The van der Waals surface area contributed by atoms with Gasteiger partial charge in [-0.25, -0.2) is 0 Å². The van der Waals surface area contributed by atoms with Crippen LogP contribution in [-0.2, 0) is 14.3 Å². The number of hydrogen-bond acceptors (Lipinski definition) is 3. The van der Waals surface area contributed by atoms with Crippen LogP contribution in [-0.4, -0.2) is 19.0 Å². The highest BCUT2D eigenvalue weighted by Gasteiger charge is 2.16. The molecule has 0 saturated heterocycles. The van der Waals surface area contributed by atoms with Crippen LogP contribution in [0.15, 0.2) is 60.7 Å². The van der Waals surface area contributed by atoms with Crippen molar-refractivity contribution in [2.24, 2.45) is 0 Å². The molecule has 0 spiro atoms. The van der Waals surface area contributed by atoms with Gasteiger partial charge in [-0.05, 0) is 36.5 Å². The average Bonchev–Trinajstić information content (AvgIpc) is 2.65. The van der Waals surface area contributed by atoms with E-state index < -0.39 is 0 Å². The zero-order chi connectivity index (χ0) is 17.9. The quantitative estimate of drug-likeness (QED) is 0.539. The van der Waals surface area contributed by atoms with E-state index in [1.807, 2.05) is 48.5 Å². The van der Waals surface area contributed by atoms with Crippen molar-refractivity contribution in [3.8, 4) is 0 Å². The number of benzene rings is 2. The SMILES string of the molecule is COC(=O)CCCCC(CC(=O)Nc1ccccc1)c1ccccc1. The Balaban J connectivity index is 1.92. The summed E-state index contributed by atoms with van der Waals surface area (Å²) in [5, 5.41) is 2.95. The summed E-state index contributed by atoms with van der Waals surface area (Å²) in [5.74, 6) is -0.0336. The highest BCUT2D eigenvalue weighted by molar-refractivity contribution is 5.91. The van der Waals surface area contributed by atoms with Gasteiger partial charge in [-0.15, -0.1) is 0 Å². The molecule has 1 amide bonds. The Morgan fingerprint density at radius 3 is 2.24 bits per heavy atom. The van der Waals surface area contributed by atoms with Gasteiger partial charge in [0.1, 0.15) is 0 Å². The smallest absolute Gasteiger partial charge is 0.305 e. The highest BCUT2D eigenvalue weighted by Crippen LogP contribution is 2.26. The van der Waals surface area contributed by atoms with Crippen molar-refractivity contribution in [1.29, 1.82) is 0 Å². The molecule has 4 nitrogen and oxygen atoms in total. The first-order valence-electron chi connectivity index (χ1n) is 8.65. The van der Waals surface area contributed by atoms with Crippen molar-refractivity contribution in [1.82, 2.24) is 0 Å². The molecule has 2 aromatic carbocycles. The third kappa shape index (κ3) is 6.79. The summed E-state index contributed by atoms with van der Waals surface area (Å²) in [5.41, 5.74) is 1.97. The van der Waals surface area contributed by atoms with Gasteiger partial charge in [0.05, 0.1) is 7.11 Å². The highest BCUT2D eigenvalue weighted by atomic mass is 16.5. The zero-order valence-electron chi connectivity index (χ0n) is 14.6. The van der Waals surface area contributed by atoms with E-state index in [1.54, 1.807) is 0 Å². The molecule has 0 heterocycles. The Morgan fingerprint density at radius 1 is 0.960 bits per heavy atom. The monoisotopic (exact) mass is 339 g/mol. The summed E-state index contributed by atoms with van der Waals surface area (Å²) >= 11 is 0. The van der Waals surface area contributed by atoms with Crippen LogP contribution in [0.4, 0.5) is 5.69 Å². The molecule has 1 unspecified atom stereocenters. The maximum Gasteiger partial charge on any atom is 0.305 e. The van der Waals surface area contributed by atoms with Crippen LogP contribution >= 0.6 is 0 Å². The largest absolute Gasteiger partial charge is 0.469 e. The van der Waals surface area contributed by atoms with Crippen molar-refractivity contribution in [2.75, 3.05) is 12.4 Å². The van der Waals surface area contributed by atoms with Gasteiger partial charge in [-0.3, -0.25) is 9.59 Å². The van der Waals surface area contributed by atoms with E-state index in [0.29, 0.717) is 12.8 Å². The van der Waals surface area contributed by atoms with Gasteiger partial charge in [-0.2, -0.15) is 0 Å². The van der Waals surface area contributed by atoms with Gasteiger partial charge >= 0.3 is 5.97 Å². The van der Waals surface area contributed by atoms with Crippen LogP contribution < -0.4 is 5.32 Å². The molecule has 0 aliphatic carbocycles. The van der Waals surface area contributed by atoms with Crippen molar-refractivity contribution >= 4 is 17.6 Å². The number of amides is 1. The molecule has 0 aromatic heterocycles. The number of para-hydroxylation sites is 1. The number of carbonyl (C=O) groups is 2. The van der Waals surface area contributed by atoms with Gasteiger partial charge in [0, 0.05) is 18.5 Å². The Labute approximate surface area is 149 Å². The minimum Gasteiger partial charge on any atom is -0.469 e. The molecule has 2 rings (SSSR count). The summed E-state index contributed by atoms with van der Waals surface area (Å²) in [7, 11) is 1.41. The van der Waals surface area contributed by atoms with E-state index >= 15 is 0 Å². The fraction of sp³-hybridized carbons (Fsp3) is 0.333. The first-order chi connectivity index (χ1) is 12.2. The van der Waals surface area contributed by atoms with Gasteiger partial charge in [0.2, 0.25) is 5.91 Å². The lowest BCUT2D eigenvalue weighted by atomic mass is 9.90. The van der Waals surface area contributed by atoms with E-state index in [4.69, 9.17) is 0 Å². The number of unbranched alkanes of at least 4 members (excludes halogenated alkanes) is 1.